The predicted molar refractivity (Wildman–Crippen MR) is 83.5 cm³/mol. The summed E-state index contributed by atoms with van der Waals surface area (Å²) in [5, 5.41) is 3.90. The zero-order valence-electron chi connectivity index (χ0n) is 13.3. The van der Waals surface area contributed by atoms with Gasteiger partial charge in [-0.05, 0) is 51.0 Å². The van der Waals surface area contributed by atoms with Gasteiger partial charge in [0.2, 0.25) is 0 Å². The van der Waals surface area contributed by atoms with E-state index in [-0.39, 0.29) is 0 Å². The highest BCUT2D eigenvalue weighted by molar-refractivity contribution is 4.86. The van der Waals surface area contributed by atoms with E-state index in [4.69, 9.17) is 0 Å². The number of nitrogens with one attached hydrogen (secondary N) is 1. The Balaban J connectivity index is 1.80. The molecule has 2 aliphatic rings. The van der Waals surface area contributed by atoms with E-state index < -0.39 is 0 Å². The zero-order chi connectivity index (χ0) is 13.7. The molecule has 1 aliphatic heterocycles. The van der Waals surface area contributed by atoms with Crippen LogP contribution in [0.15, 0.2) is 0 Å². The summed E-state index contributed by atoms with van der Waals surface area (Å²) in [4.78, 5) is 2.73. The monoisotopic (exact) mass is 266 g/mol. The second kappa shape index (κ2) is 7.64. The van der Waals surface area contributed by atoms with E-state index in [0.717, 1.165) is 23.9 Å². The average Bonchev–Trinajstić information content (AvgIpc) is 2.97. The largest absolute Gasteiger partial charge is 0.312 e. The fourth-order valence-electron chi connectivity index (χ4n) is 3.85. The van der Waals surface area contributed by atoms with E-state index >= 15 is 0 Å². The molecule has 0 radical (unpaired) electrons. The highest BCUT2D eigenvalue weighted by Gasteiger charge is 2.28. The number of hydrogen-bond donors (Lipinski definition) is 1. The highest BCUT2D eigenvalue weighted by Crippen LogP contribution is 2.26. The second-order valence-corrected chi connectivity index (χ2v) is 6.98. The van der Waals surface area contributed by atoms with Crippen LogP contribution in [0.1, 0.15) is 65.7 Å². The summed E-state index contributed by atoms with van der Waals surface area (Å²) in [6, 6.07) is 1.50. The van der Waals surface area contributed by atoms with Crippen LogP contribution >= 0.6 is 0 Å². The molecule has 0 aromatic carbocycles. The van der Waals surface area contributed by atoms with Gasteiger partial charge in [-0.25, -0.2) is 0 Å². The lowest BCUT2D eigenvalue weighted by Gasteiger charge is -2.41. The molecule has 2 nitrogen and oxygen atoms in total. The number of nitrogens with zero attached hydrogens (tertiary/aromatic N) is 1. The van der Waals surface area contributed by atoms with Crippen molar-refractivity contribution in [3.8, 4) is 0 Å². The van der Waals surface area contributed by atoms with E-state index in [0.29, 0.717) is 0 Å². The molecule has 19 heavy (non-hydrogen) atoms. The third-order valence-electron chi connectivity index (χ3n) is 5.53. The Labute approximate surface area is 120 Å². The first-order valence-corrected chi connectivity index (χ1v) is 8.70. The third-order valence-corrected chi connectivity index (χ3v) is 5.53. The van der Waals surface area contributed by atoms with Gasteiger partial charge < -0.3 is 5.32 Å². The fourth-order valence-corrected chi connectivity index (χ4v) is 3.85. The van der Waals surface area contributed by atoms with Gasteiger partial charge in [0.05, 0.1) is 0 Å². The Morgan fingerprint density at radius 3 is 2.47 bits per heavy atom. The maximum atomic E-state index is 3.90. The summed E-state index contributed by atoms with van der Waals surface area (Å²) in [6.45, 7) is 11.0. The van der Waals surface area contributed by atoms with Gasteiger partial charge in [0, 0.05) is 25.2 Å². The van der Waals surface area contributed by atoms with Gasteiger partial charge in [0.15, 0.2) is 0 Å². The number of piperidine rings is 1. The quantitative estimate of drug-likeness (QED) is 0.789. The van der Waals surface area contributed by atoms with Gasteiger partial charge in [-0.3, -0.25) is 4.90 Å². The molecule has 0 aromatic rings. The van der Waals surface area contributed by atoms with Crippen molar-refractivity contribution in [1.82, 2.24) is 10.2 Å². The van der Waals surface area contributed by atoms with Gasteiger partial charge in [-0.15, -0.1) is 0 Å². The molecule has 2 rings (SSSR count). The molecule has 1 saturated heterocycles. The van der Waals surface area contributed by atoms with Crippen molar-refractivity contribution >= 4 is 0 Å². The molecule has 1 saturated carbocycles. The zero-order valence-corrected chi connectivity index (χ0v) is 13.3. The van der Waals surface area contributed by atoms with Crippen molar-refractivity contribution in [1.29, 1.82) is 0 Å². The summed E-state index contributed by atoms with van der Waals surface area (Å²) in [6.07, 6.45) is 9.88. The number of likely N-dealkylation sites (tertiary alicyclic amines) is 1. The lowest BCUT2D eigenvalue weighted by molar-refractivity contribution is 0.0989. The van der Waals surface area contributed by atoms with Crippen LogP contribution in [0, 0.1) is 11.8 Å². The highest BCUT2D eigenvalue weighted by atomic mass is 15.2. The average molecular weight is 266 g/mol. The van der Waals surface area contributed by atoms with Crippen LogP contribution in [0.4, 0.5) is 0 Å². The van der Waals surface area contributed by atoms with Crippen LogP contribution in [0.3, 0.4) is 0 Å². The predicted octanol–water partition coefficient (Wildman–Crippen LogP) is 3.67. The lowest BCUT2D eigenvalue weighted by Crippen LogP contribution is -2.52. The Morgan fingerprint density at radius 1 is 1.11 bits per heavy atom. The summed E-state index contributed by atoms with van der Waals surface area (Å²) in [5.74, 6) is 1.88. The second-order valence-electron chi connectivity index (χ2n) is 6.98. The molecule has 0 spiro atoms. The van der Waals surface area contributed by atoms with Crippen LogP contribution < -0.4 is 5.32 Å². The van der Waals surface area contributed by atoms with Gasteiger partial charge in [-0.1, -0.05) is 33.1 Å². The van der Waals surface area contributed by atoms with Crippen LogP contribution in [0.25, 0.3) is 0 Å². The van der Waals surface area contributed by atoms with Gasteiger partial charge in [-0.2, -0.15) is 0 Å². The Kier molecular flexibility index (Phi) is 6.15. The van der Waals surface area contributed by atoms with Crippen molar-refractivity contribution in [3.05, 3.63) is 0 Å². The molecule has 2 fully saturated rings. The molecular weight excluding hydrogens is 232 g/mol. The molecule has 3 unspecified atom stereocenters. The minimum absolute atomic E-state index is 0.744. The van der Waals surface area contributed by atoms with E-state index in [9.17, 15) is 0 Å². The van der Waals surface area contributed by atoms with E-state index in [1.165, 1.54) is 64.6 Å². The first kappa shape index (κ1) is 15.3. The molecule has 0 amide bonds. The molecule has 0 bridgehead atoms. The van der Waals surface area contributed by atoms with Crippen LogP contribution in [0.2, 0.25) is 0 Å². The summed E-state index contributed by atoms with van der Waals surface area (Å²) in [5.41, 5.74) is 0. The molecule has 2 heteroatoms. The molecule has 0 aromatic heterocycles. The summed E-state index contributed by atoms with van der Waals surface area (Å²) in [7, 11) is 0. The maximum Gasteiger partial charge on any atom is 0.0198 e. The summed E-state index contributed by atoms with van der Waals surface area (Å²) < 4.78 is 0. The molecule has 1 N–H and O–H groups in total. The summed E-state index contributed by atoms with van der Waals surface area (Å²) >= 11 is 0. The van der Waals surface area contributed by atoms with E-state index in [1.807, 2.05) is 0 Å². The smallest absolute Gasteiger partial charge is 0.0198 e. The van der Waals surface area contributed by atoms with Crippen LogP contribution in [-0.4, -0.2) is 36.6 Å². The fraction of sp³-hybridized carbons (Fsp3) is 1.00. The van der Waals surface area contributed by atoms with E-state index in [2.05, 4.69) is 31.0 Å². The first-order valence-electron chi connectivity index (χ1n) is 8.70. The minimum atomic E-state index is 0.744. The van der Waals surface area contributed by atoms with Crippen molar-refractivity contribution < 1.29 is 0 Å². The van der Waals surface area contributed by atoms with Crippen LogP contribution in [0.5, 0.6) is 0 Å². The van der Waals surface area contributed by atoms with Gasteiger partial charge in [0.1, 0.15) is 0 Å². The van der Waals surface area contributed by atoms with Gasteiger partial charge in [0.25, 0.3) is 0 Å². The molecule has 112 valence electrons. The Bertz CT molecular complexity index is 248. The van der Waals surface area contributed by atoms with Crippen molar-refractivity contribution in [2.75, 3.05) is 19.6 Å². The van der Waals surface area contributed by atoms with Gasteiger partial charge >= 0.3 is 0 Å². The Morgan fingerprint density at radius 2 is 1.84 bits per heavy atom. The molecule has 1 heterocycles. The standard InChI is InChI=1S/C17H34N2/c1-4-14(3)19-12-15(5-2)10-17(13-19)18-11-16-8-6-7-9-16/h14-18H,4-13H2,1-3H3. The molecule has 1 aliphatic carbocycles. The van der Waals surface area contributed by atoms with Crippen molar-refractivity contribution in [2.45, 2.75) is 77.8 Å². The normalized spacial score (nSPS) is 31.7. The Hall–Kier alpha value is -0.0800. The molecular formula is C17H34N2. The minimum Gasteiger partial charge on any atom is -0.312 e. The number of hydrogen-bond acceptors (Lipinski definition) is 2. The lowest BCUT2D eigenvalue weighted by atomic mass is 9.90. The van der Waals surface area contributed by atoms with Crippen molar-refractivity contribution in [2.24, 2.45) is 11.8 Å². The number of rotatable bonds is 6. The third kappa shape index (κ3) is 4.46. The van der Waals surface area contributed by atoms with Crippen LogP contribution in [-0.2, 0) is 0 Å². The first-order chi connectivity index (χ1) is 9.22. The van der Waals surface area contributed by atoms with E-state index in [1.54, 1.807) is 0 Å². The molecule has 3 atom stereocenters. The van der Waals surface area contributed by atoms with Crippen molar-refractivity contribution in [3.63, 3.8) is 0 Å². The SMILES string of the molecule is CCC1CC(NCC2CCCC2)CN(C(C)CC)C1. The topological polar surface area (TPSA) is 15.3 Å². The maximum absolute atomic E-state index is 3.90.